The van der Waals surface area contributed by atoms with Crippen LogP contribution in [0.4, 0.5) is 0 Å². The van der Waals surface area contributed by atoms with Crippen LogP contribution in [0.3, 0.4) is 0 Å². The van der Waals surface area contributed by atoms with Crippen molar-refractivity contribution in [3.8, 4) is 0 Å². The molecule has 0 aliphatic heterocycles. The van der Waals surface area contributed by atoms with Crippen LogP contribution in [-0.4, -0.2) is 25.4 Å². The summed E-state index contributed by atoms with van der Waals surface area (Å²) in [6.07, 6.45) is 5.55. The maximum absolute atomic E-state index is 9.08. The van der Waals surface area contributed by atoms with E-state index in [0.29, 0.717) is 0 Å². The van der Waals surface area contributed by atoms with E-state index in [-0.39, 0.29) is 6.10 Å². The topological polar surface area (TPSA) is 29.5 Å². The van der Waals surface area contributed by atoms with Crippen LogP contribution in [0.15, 0.2) is 0 Å². The molecule has 12 heavy (non-hydrogen) atoms. The molecule has 76 valence electrons. The zero-order valence-electron chi connectivity index (χ0n) is 8.97. The van der Waals surface area contributed by atoms with E-state index in [1.807, 2.05) is 6.92 Å². The van der Waals surface area contributed by atoms with Gasteiger partial charge in [-0.3, -0.25) is 0 Å². The fourth-order valence-corrected chi connectivity index (χ4v) is 0.834. The molecule has 0 amide bonds. The van der Waals surface area contributed by atoms with E-state index in [1.54, 1.807) is 14.2 Å². The van der Waals surface area contributed by atoms with Crippen LogP contribution in [0.5, 0.6) is 0 Å². The second-order valence-corrected chi connectivity index (χ2v) is 2.97. The number of hydrogen-bond donors (Lipinski definition) is 1. The molecule has 0 aromatic carbocycles. The Morgan fingerprint density at radius 1 is 1.17 bits per heavy atom. The third kappa shape index (κ3) is 16.5. The van der Waals surface area contributed by atoms with E-state index in [2.05, 4.69) is 11.7 Å². The molecule has 2 nitrogen and oxygen atoms in total. The van der Waals surface area contributed by atoms with Crippen molar-refractivity contribution in [2.75, 3.05) is 14.2 Å². The Balaban J connectivity index is 0. The minimum atomic E-state index is -0.0449. The monoisotopic (exact) mass is 176 g/mol. The Bertz CT molecular complexity index is 64.9. The first kappa shape index (κ1) is 14.4. The second kappa shape index (κ2) is 13.5. The van der Waals surface area contributed by atoms with Crippen LogP contribution >= 0.6 is 0 Å². The van der Waals surface area contributed by atoms with E-state index in [0.717, 1.165) is 12.8 Å². The van der Waals surface area contributed by atoms with Gasteiger partial charge in [0.05, 0.1) is 6.10 Å². The summed E-state index contributed by atoms with van der Waals surface area (Å²) < 4.78 is 4.25. The molecule has 0 saturated heterocycles. The minimum Gasteiger partial charge on any atom is -0.393 e. The highest BCUT2D eigenvalue weighted by atomic mass is 16.4. The molecular weight excluding hydrogens is 152 g/mol. The first-order chi connectivity index (χ1) is 5.72. The summed E-state index contributed by atoms with van der Waals surface area (Å²) in [5.74, 6) is 0. The van der Waals surface area contributed by atoms with E-state index in [9.17, 15) is 0 Å². The van der Waals surface area contributed by atoms with Gasteiger partial charge in [0.15, 0.2) is 0 Å². The lowest BCUT2D eigenvalue weighted by Gasteiger charge is -2.04. The molecule has 1 atom stereocenters. The van der Waals surface area contributed by atoms with E-state index in [1.165, 1.54) is 19.3 Å². The van der Waals surface area contributed by atoms with Crippen LogP contribution in [0.25, 0.3) is 0 Å². The number of aliphatic hydroxyl groups is 1. The molecule has 0 aliphatic carbocycles. The summed E-state index contributed by atoms with van der Waals surface area (Å²) >= 11 is 0. The van der Waals surface area contributed by atoms with Gasteiger partial charge in [-0.2, -0.15) is 0 Å². The Hall–Kier alpha value is -0.0800. The lowest BCUT2D eigenvalue weighted by atomic mass is 10.1. The van der Waals surface area contributed by atoms with Crippen molar-refractivity contribution in [1.29, 1.82) is 0 Å². The van der Waals surface area contributed by atoms with Crippen LogP contribution in [-0.2, 0) is 4.74 Å². The highest BCUT2D eigenvalue weighted by Crippen LogP contribution is 2.04. The molecule has 1 unspecified atom stereocenters. The minimum absolute atomic E-state index is 0.0449. The Labute approximate surface area is 76.9 Å². The van der Waals surface area contributed by atoms with E-state index >= 15 is 0 Å². The highest BCUT2D eigenvalue weighted by Gasteiger charge is 1.97. The van der Waals surface area contributed by atoms with E-state index in [4.69, 9.17) is 5.11 Å². The van der Waals surface area contributed by atoms with Crippen molar-refractivity contribution in [1.82, 2.24) is 0 Å². The molecule has 2 heteroatoms. The summed E-state index contributed by atoms with van der Waals surface area (Å²) in [5, 5.41) is 9.08. The predicted molar refractivity (Wildman–Crippen MR) is 53.4 cm³/mol. The van der Waals surface area contributed by atoms with Crippen molar-refractivity contribution in [3.63, 3.8) is 0 Å². The smallest absolute Gasteiger partial charge is 0.0537 e. The third-order valence-electron chi connectivity index (χ3n) is 1.61. The van der Waals surface area contributed by atoms with Crippen LogP contribution in [0, 0.1) is 0 Å². The van der Waals surface area contributed by atoms with Gasteiger partial charge in [-0.1, -0.05) is 33.1 Å². The van der Waals surface area contributed by atoms with Crippen molar-refractivity contribution in [2.24, 2.45) is 0 Å². The first-order valence-electron chi connectivity index (χ1n) is 4.81. The molecular formula is C10H24O2. The molecule has 0 fully saturated rings. The van der Waals surface area contributed by atoms with Gasteiger partial charge in [0.2, 0.25) is 0 Å². The molecule has 0 radical (unpaired) electrons. The van der Waals surface area contributed by atoms with Crippen molar-refractivity contribution in [3.05, 3.63) is 0 Å². The number of methoxy groups -OCH3 is 1. The zero-order valence-corrected chi connectivity index (χ0v) is 8.97. The van der Waals surface area contributed by atoms with Crippen LogP contribution in [0.2, 0.25) is 0 Å². The first-order valence-corrected chi connectivity index (χ1v) is 4.81. The molecule has 0 bridgehead atoms. The van der Waals surface area contributed by atoms with Gasteiger partial charge in [0.1, 0.15) is 0 Å². The van der Waals surface area contributed by atoms with Gasteiger partial charge >= 0.3 is 0 Å². The Morgan fingerprint density at radius 3 is 2.00 bits per heavy atom. The predicted octanol–water partition coefficient (Wildman–Crippen LogP) is 2.60. The lowest BCUT2D eigenvalue weighted by Crippen LogP contribution is -2.02. The average Bonchev–Trinajstić information content (AvgIpc) is 2.06. The van der Waals surface area contributed by atoms with Crippen molar-refractivity contribution < 1.29 is 9.84 Å². The van der Waals surface area contributed by atoms with Gasteiger partial charge < -0.3 is 9.84 Å². The van der Waals surface area contributed by atoms with Gasteiger partial charge in [0, 0.05) is 14.2 Å². The Morgan fingerprint density at radius 2 is 1.67 bits per heavy atom. The highest BCUT2D eigenvalue weighted by molar-refractivity contribution is 4.51. The molecule has 0 saturated carbocycles. The molecule has 0 spiro atoms. The number of unbranched alkanes of at least 4 members (excludes halogenated alkanes) is 2. The average molecular weight is 176 g/mol. The fraction of sp³-hybridized carbons (Fsp3) is 1.00. The van der Waals surface area contributed by atoms with Gasteiger partial charge in [0.25, 0.3) is 0 Å². The normalized spacial score (nSPS) is 11.8. The van der Waals surface area contributed by atoms with Crippen molar-refractivity contribution in [2.45, 2.75) is 52.1 Å². The maximum Gasteiger partial charge on any atom is 0.0537 e. The summed E-state index contributed by atoms with van der Waals surface area (Å²) in [5.41, 5.74) is 0. The van der Waals surface area contributed by atoms with Crippen LogP contribution in [0.1, 0.15) is 46.0 Å². The number of rotatable bonds is 5. The SMILES string of the molecule is CCCCCC(O)CC.COC. The van der Waals surface area contributed by atoms with Gasteiger partial charge in [-0.25, -0.2) is 0 Å². The molecule has 1 N–H and O–H groups in total. The molecule has 0 heterocycles. The zero-order chi connectivity index (χ0) is 9.82. The standard InChI is InChI=1S/C8H18O.C2H6O/c1-3-5-6-7-8(9)4-2;1-3-2/h8-9H,3-7H2,1-2H3;1-2H3. The molecule has 0 aromatic heterocycles. The number of ether oxygens (including phenoxy) is 1. The number of hydrogen-bond acceptors (Lipinski definition) is 2. The summed E-state index contributed by atoms with van der Waals surface area (Å²) in [4.78, 5) is 0. The fourth-order valence-electron chi connectivity index (χ4n) is 0.834. The molecule has 0 aliphatic rings. The molecule has 0 aromatic rings. The largest absolute Gasteiger partial charge is 0.393 e. The second-order valence-electron chi connectivity index (χ2n) is 2.97. The van der Waals surface area contributed by atoms with Crippen LogP contribution < -0.4 is 0 Å². The molecule has 0 rings (SSSR count). The van der Waals surface area contributed by atoms with Crippen molar-refractivity contribution >= 4 is 0 Å². The Kier molecular flexibility index (Phi) is 16.3. The van der Waals surface area contributed by atoms with Gasteiger partial charge in [-0.05, 0) is 12.8 Å². The quantitative estimate of drug-likeness (QED) is 0.652. The summed E-state index contributed by atoms with van der Waals surface area (Å²) in [6.45, 7) is 4.20. The van der Waals surface area contributed by atoms with Gasteiger partial charge in [-0.15, -0.1) is 0 Å². The lowest BCUT2D eigenvalue weighted by molar-refractivity contribution is 0.156. The summed E-state index contributed by atoms with van der Waals surface area (Å²) in [6, 6.07) is 0. The third-order valence-corrected chi connectivity index (χ3v) is 1.61. The summed E-state index contributed by atoms with van der Waals surface area (Å²) in [7, 11) is 3.25. The maximum atomic E-state index is 9.08. The van der Waals surface area contributed by atoms with E-state index < -0.39 is 0 Å². The number of aliphatic hydroxyl groups excluding tert-OH is 1.